The van der Waals surface area contributed by atoms with Crippen molar-refractivity contribution in [1.29, 1.82) is 0 Å². The molecule has 0 aromatic heterocycles. The highest BCUT2D eigenvalue weighted by Gasteiger charge is 2.34. The minimum atomic E-state index is -3.23. The molecular weight excluding hydrogens is 514 g/mol. The fourth-order valence-electron chi connectivity index (χ4n) is 4.07. The van der Waals surface area contributed by atoms with Crippen molar-refractivity contribution in [2.24, 2.45) is 0 Å². The highest BCUT2D eigenvalue weighted by Crippen LogP contribution is 2.31. The van der Waals surface area contributed by atoms with Crippen LogP contribution in [0.25, 0.3) is 0 Å². The summed E-state index contributed by atoms with van der Waals surface area (Å²) in [5.74, 6) is -4.13. The van der Waals surface area contributed by atoms with Crippen molar-refractivity contribution in [2.45, 2.75) is 20.0 Å². The Bertz CT molecular complexity index is 1180. The summed E-state index contributed by atoms with van der Waals surface area (Å²) in [5, 5.41) is 13.1. The van der Waals surface area contributed by atoms with Crippen LogP contribution in [0.4, 0.5) is 33.7 Å². The van der Waals surface area contributed by atoms with Crippen LogP contribution in [0.1, 0.15) is 17.8 Å². The number of nitrogens with zero attached hydrogens (tertiary/aromatic N) is 3. The lowest BCUT2D eigenvalue weighted by Gasteiger charge is -2.25. The third kappa shape index (κ3) is 6.07. The molecule has 10 nitrogen and oxygen atoms in total. The summed E-state index contributed by atoms with van der Waals surface area (Å²) in [6.45, 7) is -0.155. The van der Waals surface area contributed by atoms with Crippen LogP contribution in [-0.2, 0) is 9.53 Å². The van der Waals surface area contributed by atoms with E-state index < -0.39 is 42.1 Å². The minimum Gasteiger partial charge on any atom is -0.507 e. The number of ether oxygens (including phenoxy) is 1. The number of nitrogens with one attached hydrogen (secondary N) is 2. The third-order valence-electron chi connectivity index (χ3n) is 5.86. The molecule has 2 aliphatic rings. The zero-order valence-corrected chi connectivity index (χ0v) is 19.3. The average Bonchev–Trinajstić information content (AvgIpc) is 3.06. The largest absolute Gasteiger partial charge is 0.507 e. The van der Waals surface area contributed by atoms with E-state index in [9.17, 15) is 28.3 Å². The van der Waals surface area contributed by atoms with Crippen molar-refractivity contribution in [3.63, 3.8) is 0 Å². The van der Waals surface area contributed by atoms with Gasteiger partial charge in [0, 0.05) is 31.8 Å². The van der Waals surface area contributed by atoms with E-state index in [0.29, 0.717) is 0 Å². The summed E-state index contributed by atoms with van der Waals surface area (Å²) >= 11 is 0. The van der Waals surface area contributed by atoms with E-state index in [-0.39, 0.29) is 69.4 Å². The van der Waals surface area contributed by atoms with Crippen molar-refractivity contribution in [1.82, 2.24) is 15.8 Å². The van der Waals surface area contributed by atoms with Gasteiger partial charge in [-0.15, -0.1) is 0 Å². The first kappa shape index (κ1) is 28.5. The van der Waals surface area contributed by atoms with Crippen LogP contribution in [0.3, 0.4) is 0 Å². The number of phenolic OH excluding ortho intramolecular Hbond substituents is 1. The van der Waals surface area contributed by atoms with Gasteiger partial charge in [0.2, 0.25) is 0 Å². The molecule has 2 aliphatic heterocycles. The molecule has 2 aromatic carbocycles. The van der Waals surface area contributed by atoms with Crippen LogP contribution < -0.4 is 20.5 Å². The first-order valence-electron chi connectivity index (χ1n) is 11.3. The fourth-order valence-corrected chi connectivity index (χ4v) is 4.07. The second kappa shape index (κ2) is 12.0. The maximum Gasteiger partial charge on any atom is 0.414 e. The number of alkyl halides is 2. The van der Waals surface area contributed by atoms with Gasteiger partial charge in [-0.1, -0.05) is 19.6 Å². The van der Waals surface area contributed by atoms with Crippen molar-refractivity contribution in [3.05, 3.63) is 53.6 Å². The third-order valence-corrected chi connectivity index (χ3v) is 5.86. The Morgan fingerprint density at radius 2 is 1.82 bits per heavy atom. The SMILES string of the molecule is C.O=C(NC[C@H]1CN(c2cc(F)c(N3CCNN(C(=O)c4ccccc4O)CC3)c(F)c2)C(=O)O1)C(F)F. The van der Waals surface area contributed by atoms with Gasteiger partial charge >= 0.3 is 12.5 Å². The summed E-state index contributed by atoms with van der Waals surface area (Å²) in [5.41, 5.74) is 2.46. The maximum absolute atomic E-state index is 15.1. The van der Waals surface area contributed by atoms with E-state index in [1.54, 1.807) is 12.1 Å². The van der Waals surface area contributed by atoms with Crippen LogP contribution in [0.5, 0.6) is 5.75 Å². The molecular formula is C24H27F4N5O5. The molecule has 2 fully saturated rings. The molecule has 3 amide bonds. The summed E-state index contributed by atoms with van der Waals surface area (Å²) in [6, 6.07) is 7.90. The second-order valence-electron chi connectivity index (χ2n) is 8.29. The van der Waals surface area contributed by atoms with Crippen LogP contribution in [-0.4, -0.2) is 79.8 Å². The Morgan fingerprint density at radius 3 is 2.47 bits per heavy atom. The van der Waals surface area contributed by atoms with E-state index >= 15 is 8.78 Å². The zero-order chi connectivity index (χ0) is 26.7. The number of amides is 3. The van der Waals surface area contributed by atoms with Gasteiger partial charge in [0.25, 0.3) is 11.8 Å². The Balaban J connectivity index is 0.00000400. The van der Waals surface area contributed by atoms with Gasteiger partial charge in [-0.3, -0.25) is 19.5 Å². The first-order chi connectivity index (χ1) is 17.7. The van der Waals surface area contributed by atoms with E-state index in [4.69, 9.17) is 4.74 Å². The smallest absolute Gasteiger partial charge is 0.414 e. The number of benzene rings is 2. The van der Waals surface area contributed by atoms with E-state index in [1.165, 1.54) is 22.0 Å². The summed E-state index contributed by atoms with van der Waals surface area (Å²) in [4.78, 5) is 38.3. The molecule has 14 heteroatoms. The molecule has 0 bridgehead atoms. The van der Waals surface area contributed by atoms with Gasteiger partial charge in [-0.05, 0) is 12.1 Å². The average molecular weight is 542 g/mol. The lowest BCUT2D eigenvalue weighted by atomic mass is 10.2. The van der Waals surface area contributed by atoms with E-state index in [0.717, 1.165) is 17.0 Å². The molecule has 0 aliphatic carbocycles. The molecule has 0 spiro atoms. The quantitative estimate of drug-likeness (QED) is 0.482. The van der Waals surface area contributed by atoms with E-state index in [1.807, 2.05) is 5.32 Å². The maximum atomic E-state index is 15.1. The highest BCUT2D eigenvalue weighted by molar-refractivity contribution is 5.96. The molecule has 206 valence electrons. The molecule has 1 atom stereocenters. The molecule has 0 saturated carbocycles. The number of aromatic hydroxyl groups is 1. The number of anilines is 2. The number of carbonyl (C=O) groups is 3. The molecule has 4 rings (SSSR count). The van der Waals surface area contributed by atoms with Crippen molar-refractivity contribution >= 4 is 29.3 Å². The normalized spacial score (nSPS) is 17.7. The number of rotatable bonds is 6. The van der Waals surface area contributed by atoms with Gasteiger partial charge in [0.15, 0.2) is 11.6 Å². The number of hydrazine groups is 1. The van der Waals surface area contributed by atoms with Gasteiger partial charge in [0.05, 0.1) is 30.9 Å². The molecule has 3 N–H and O–H groups in total. The Morgan fingerprint density at radius 1 is 1.13 bits per heavy atom. The molecule has 2 aromatic rings. The van der Waals surface area contributed by atoms with Crippen molar-refractivity contribution in [3.8, 4) is 5.75 Å². The highest BCUT2D eigenvalue weighted by atomic mass is 19.3. The number of cyclic esters (lactones) is 1. The predicted octanol–water partition coefficient (Wildman–Crippen LogP) is 2.48. The summed E-state index contributed by atoms with van der Waals surface area (Å²) < 4.78 is 59.8. The zero-order valence-electron chi connectivity index (χ0n) is 19.3. The molecule has 0 radical (unpaired) electrons. The van der Waals surface area contributed by atoms with Gasteiger partial charge in [-0.25, -0.2) is 19.0 Å². The standard InChI is InChI=1S/C23H23F4N5O5.CH4/c24-16-9-13(31-12-14(37-23(31)36)11-28-21(34)20(26)27)10-17(25)19(16)30-6-5-29-32(8-7-30)22(35)15-3-1-2-4-18(15)33;/h1-4,9-10,14,20,29,33H,5-8,11-12H2,(H,28,34);1H4/t14-;/m0./s1. The van der Waals surface area contributed by atoms with E-state index in [2.05, 4.69) is 5.43 Å². The Kier molecular flexibility index (Phi) is 8.99. The monoisotopic (exact) mass is 541 g/mol. The molecule has 0 unspecified atom stereocenters. The van der Waals surface area contributed by atoms with Crippen molar-refractivity contribution in [2.75, 3.05) is 49.1 Å². The van der Waals surface area contributed by atoms with Gasteiger partial charge in [0.1, 0.15) is 17.5 Å². The second-order valence-corrected chi connectivity index (χ2v) is 8.29. The minimum absolute atomic E-state index is 0. The molecule has 2 heterocycles. The van der Waals surface area contributed by atoms with Gasteiger partial charge < -0.3 is 20.1 Å². The molecule has 2 saturated heterocycles. The fraction of sp³-hybridized carbons (Fsp3) is 0.375. The van der Waals surface area contributed by atoms with Crippen LogP contribution in [0.2, 0.25) is 0 Å². The number of carbonyl (C=O) groups excluding carboxylic acids is 3. The number of para-hydroxylation sites is 1. The Labute approximate surface area is 215 Å². The summed E-state index contributed by atoms with van der Waals surface area (Å²) in [7, 11) is 0. The number of phenols is 1. The van der Waals surface area contributed by atoms with Crippen LogP contribution in [0, 0.1) is 11.6 Å². The van der Waals surface area contributed by atoms with Crippen molar-refractivity contribution < 1.29 is 41.8 Å². The topological polar surface area (TPSA) is 114 Å². The predicted molar refractivity (Wildman–Crippen MR) is 129 cm³/mol. The molecule has 38 heavy (non-hydrogen) atoms. The van der Waals surface area contributed by atoms with Crippen LogP contribution in [0.15, 0.2) is 36.4 Å². The number of halogens is 4. The lowest BCUT2D eigenvalue weighted by molar-refractivity contribution is -0.132. The van der Waals surface area contributed by atoms with Gasteiger partial charge in [-0.2, -0.15) is 8.78 Å². The number of hydrogen-bond donors (Lipinski definition) is 3. The van der Waals surface area contributed by atoms with Crippen LogP contribution >= 0.6 is 0 Å². The first-order valence-corrected chi connectivity index (χ1v) is 11.3. The Hall–Kier alpha value is -4.07. The number of hydrogen-bond acceptors (Lipinski definition) is 7. The lowest BCUT2D eigenvalue weighted by Crippen LogP contribution is -2.43. The summed E-state index contributed by atoms with van der Waals surface area (Å²) in [6.07, 6.45) is -5.15.